The van der Waals surface area contributed by atoms with Crippen molar-refractivity contribution in [3.63, 3.8) is 0 Å². The zero-order chi connectivity index (χ0) is 16.9. The molecular weight excluding hydrogens is 311 g/mol. The summed E-state index contributed by atoms with van der Waals surface area (Å²) in [7, 11) is 0. The van der Waals surface area contributed by atoms with Crippen molar-refractivity contribution in [2.24, 2.45) is 5.92 Å². The Labute approximate surface area is 138 Å². The van der Waals surface area contributed by atoms with Crippen LogP contribution in [0.1, 0.15) is 12.0 Å². The largest absolute Gasteiger partial charge is 0.355 e. The van der Waals surface area contributed by atoms with Crippen LogP contribution in [0.15, 0.2) is 43.0 Å². The van der Waals surface area contributed by atoms with E-state index in [-0.39, 0.29) is 24.1 Å². The van der Waals surface area contributed by atoms with Crippen molar-refractivity contribution in [1.82, 2.24) is 15.3 Å². The Bertz CT molecular complexity index is 721. The summed E-state index contributed by atoms with van der Waals surface area (Å²) in [6.07, 6.45) is 5.66. The Morgan fingerprint density at radius 3 is 2.67 bits per heavy atom. The third-order valence-corrected chi connectivity index (χ3v) is 3.96. The number of nitrogens with zero attached hydrogens (tertiary/aromatic N) is 3. The monoisotopic (exact) mass is 328 g/mol. The first-order chi connectivity index (χ1) is 11.6. The predicted molar refractivity (Wildman–Crippen MR) is 85.6 cm³/mol. The first-order valence-electron chi connectivity index (χ1n) is 7.71. The van der Waals surface area contributed by atoms with Crippen LogP contribution in [-0.4, -0.2) is 34.9 Å². The van der Waals surface area contributed by atoms with E-state index in [4.69, 9.17) is 0 Å². The number of hydrogen-bond donors (Lipinski definition) is 1. The second kappa shape index (κ2) is 7.16. The molecule has 1 atom stereocenters. The van der Waals surface area contributed by atoms with Gasteiger partial charge in [-0.1, -0.05) is 0 Å². The molecule has 1 saturated heterocycles. The second-order valence-corrected chi connectivity index (χ2v) is 5.67. The number of anilines is 1. The topological polar surface area (TPSA) is 75.2 Å². The van der Waals surface area contributed by atoms with Gasteiger partial charge in [0.2, 0.25) is 11.8 Å². The number of aromatic nitrogens is 2. The summed E-state index contributed by atoms with van der Waals surface area (Å²) in [4.78, 5) is 33.7. The smallest absolute Gasteiger partial charge is 0.227 e. The average molecular weight is 328 g/mol. The minimum Gasteiger partial charge on any atom is -0.355 e. The molecule has 1 aliphatic heterocycles. The third kappa shape index (κ3) is 3.73. The van der Waals surface area contributed by atoms with Crippen LogP contribution in [0.3, 0.4) is 0 Å². The lowest BCUT2D eigenvalue weighted by molar-refractivity contribution is -0.126. The molecule has 0 saturated carbocycles. The van der Waals surface area contributed by atoms with Crippen molar-refractivity contribution in [3.8, 4) is 0 Å². The quantitative estimate of drug-likeness (QED) is 0.898. The number of carbonyl (C=O) groups excluding carboxylic acids is 2. The molecule has 2 amide bonds. The predicted octanol–water partition coefficient (Wildman–Crippen LogP) is 1.33. The van der Waals surface area contributed by atoms with E-state index in [2.05, 4.69) is 15.3 Å². The lowest BCUT2D eigenvalue weighted by atomic mass is 10.1. The number of hydrogen-bond acceptors (Lipinski definition) is 4. The van der Waals surface area contributed by atoms with Gasteiger partial charge in [-0.25, -0.2) is 14.4 Å². The zero-order valence-electron chi connectivity index (χ0n) is 13.0. The summed E-state index contributed by atoms with van der Waals surface area (Å²) in [5.41, 5.74) is 1.55. The van der Waals surface area contributed by atoms with Gasteiger partial charge < -0.3 is 10.2 Å². The van der Waals surface area contributed by atoms with Gasteiger partial charge in [0.05, 0.1) is 5.92 Å². The van der Waals surface area contributed by atoms with Crippen molar-refractivity contribution in [3.05, 3.63) is 54.4 Å². The molecule has 2 aromatic rings. The van der Waals surface area contributed by atoms with Crippen molar-refractivity contribution >= 4 is 17.5 Å². The van der Waals surface area contributed by atoms with Crippen molar-refractivity contribution in [2.45, 2.75) is 12.8 Å². The van der Waals surface area contributed by atoms with Crippen LogP contribution >= 0.6 is 0 Å². The molecule has 0 radical (unpaired) electrons. The number of halogens is 1. The molecule has 1 aliphatic rings. The molecule has 1 aromatic carbocycles. The lowest BCUT2D eigenvalue weighted by Gasteiger charge is -2.16. The molecule has 24 heavy (non-hydrogen) atoms. The van der Waals surface area contributed by atoms with Gasteiger partial charge in [0.15, 0.2) is 0 Å². The van der Waals surface area contributed by atoms with Crippen LogP contribution < -0.4 is 10.2 Å². The molecule has 0 unspecified atom stereocenters. The first kappa shape index (κ1) is 16.0. The van der Waals surface area contributed by atoms with Crippen LogP contribution in [0.25, 0.3) is 0 Å². The van der Waals surface area contributed by atoms with Crippen LogP contribution in [0.5, 0.6) is 0 Å². The van der Waals surface area contributed by atoms with Crippen LogP contribution in [0.4, 0.5) is 10.1 Å². The fourth-order valence-corrected chi connectivity index (χ4v) is 2.69. The molecule has 0 aliphatic carbocycles. The molecule has 3 rings (SSSR count). The van der Waals surface area contributed by atoms with Crippen molar-refractivity contribution in [1.29, 1.82) is 0 Å². The minimum absolute atomic E-state index is 0.127. The summed E-state index contributed by atoms with van der Waals surface area (Å²) in [5.74, 6) is -1.03. The molecule has 0 spiro atoms. The van der Waals surface area contributed by atoms with Crippen molar-refractivity contribution in [2.75, 3.05) is 18.0 Å². The standard InChI is InChI=1S/C17H17FN4O2/c18-14-1-3-15(4-2-14)22-10-13(7-16(22)23)17(24)21-6-5-12-8-19-11-20-9-12/h1-4,8-9,11,13H,5-7,10H2,(H,21,24)/t13-/m0/s1. The van der Waals surface area contributed by atoms with E-state index >= 15 is 0 Å². The molecule has 1 fully saturated rings. The molecule has 1 N–H and O–H groups in total. The highest BCUT2D eigenvalue weighted by Crippen LogP contribution is 2.25. The Balaban J connectivity index is 1.53. The Morgan fingerprint density at radius 2 is 1.96 bits per heavy atom. The normalized spacial score (nSPS) is 17.1. The summed E-state index contributed by atoms with van der Waals surface area (Å²) < 4.78 is 13.0. The highest BCUT2D eigenvalue weighted by molar-refractivity contribution is 6.00. The number of rotatable bonds is 5. The highest BCUT2D eigenvalue weighted by atomic mass is 19.1. The summed E-state index contributed by atoms with van der Waals surface area (Å²) in [6.45, 7) is 0.776. The van der Waals surface area contributed by atoms with E-state index in [1.807, 2.05) is 0 Å². The number of amides is 2. The minimum atomic E-state index is -0.394. The van der Waals surface area contributed by atoms with Gasteiger partial charge in [0, 0.05) is 37.6 Å². The maximum Gasteiger partial charge on any atom is 0.227 e. The van der Waals surface area contributed by atoms with E-state index in [1.165, 1.54) is 23.4 Å². The van der Waals surface area contributed by atoms with Crippen LogP contribution in [0, 0.1) is 11.7 Å². The van der Waals surface area contributed by atoms with Gasteiger partial charge in [-0.3, -0.25) is 9.59 Å². The number of nitrogens with one attached hydrogen (secondary N) is 1. The lowest BCUT2D eigenvalue weighted by Crippen LogP contribution is -2.34. The third-order valence-electron chi connectivity index (χ3n) is 3.96. The molecule has 0 bridgehead atoms. The van der Waals surface area contributed by atoms with E-state index < -0.39 is 5.92 Å². The molecule has 124 valence electrons. The van der Waals surface area contributed by atoms with Gasteiger partial charge >= 0.3 is 0 Å². The number of carbonyl (C=O) groups is 2. The van der Waals surface area contributed by atoms with E-state index in [0.717, 1.165) is 5.56 Å². The molecular formula is C17H17FN4O2. The molecule has 1 aromatic heterocycles. The SMILES string of the molecule is O=C(NCCc1cncnc1)[C@H]1CC(=O)N(c2ccc(F)cc2)C1. The fraction of sp³-hybridized carbons (Fsp3) is 0.294. The van der Waals surface area contributed by atoms with E-state index in [1.54, 1.807) is 24.5 Å². The molecule has 7 heteroatoms. The Kier molecular flexibility index (Phi) is 4.79. The molecule has 2 heterocycles. The van der Waals surface area contributed by atoms with Gasteiger partial charge in [0.1, 0.15) is 12.1 Å². The van der Waals surface area contributed by atoms with E-state index in [9.17, 15) is 14.0 Å². The van der Waals surface area contributed by atoms with Crippen LogP contribution in [0.2, 0.25) is 0 Å². The maximum atomic E-state index is 13.0. The van der Waals surface area contributed by atoms with Crippen LogP contribution in [-0.2, 0) is 16.0 Å². The summed E-state index contributed by atoms with van der Waals surface area (Å²) in [5, 5.41) is 2.84. The van der Waals surface area contributed by atoms with Gasteiger partial charge in [-0.15, -0.1) is 0 Å². The zero-order valence-corrected chi connectivity index (χ0v) is 13.0. The Hall–Kier alpha value is -2.83. The van der Waals surface area contributed by atoms with Gasteiger partial charge in [-0.2, -0.15) is 0 Å². The molecule has 6 nitrogen and oxygen atoms in total. The van der Waals surface area contributed by atoms with E-state index in [0.29, 0.717) is 25.2 Å². The van der Waals surface area contributed by atoms with Gasteiger partial charge in [0.25, 0.3) is 0 Å². The number of benzene rings is 1. The Morgan fingerprint density at radius 1 is 1.25 bits per heavy atom. The summed E-state index contributed by atoms with van der Waals surface area (Å²) >= 11 is 0. The maximum absolute atomic E-state index is 13.0. The fourth-order valence-electron chi connectivity index (χ4n) is 2.69. The van der Waals surface area contributed by atoms with Crippen molar-refractivity contribution < 1.29 is 14.0 Å². The second-order valence-electron chi connectivity index (χ2n) is 5.67. The van der Waals surface area contributed by atoms with Gasteiger partial charge in [-0.05, 0) is 36.2 Å². The highest BCUT2D eigenvalue weighted by Gasteiger charge is 2.34. The average Bonchev–Trinajstić information content (AvgIpc) is 2.98. The first-order valence-corrected chi connectivity index (χ1v) is 7.71. The summed E-state index contributed by atoms with van der Waals surface area (Å²) in [6, 6.07) is 5.70.